The van der Waals surface area contributed by atoms with Gasteiger partial charge >= 0.3 is 0 Å². The van der Waals surface area contributed by atoms with Crippen molar-refractivity contribution < 1.29 is 8.42 Å². The van der Waals surface area contributed by atoms with E-state index in [1.165, 1.54) is 18.2 Å². The van der Waals surface area contributed by atoms with E-state index in [4.69, 9.17) is 11.5 Å². The first-order valence-electron chi connectivity index (χ1n) is 5.38. The van der Waals surface area contributed by atoms with E-state index in [2.05, 4.69) is 0 Å². The zero-order valence-corrected chi connectivity index (χ0v) is 10.7. The second kappa shape index (κ2) is 4.34. The summed E-state index contributed by atoms with van der Waals surface area (Å²) in [7, 11) is -3.51. The van der Waals surface area contributed by atoms with Crippen LogP contribution >= 0.6 is 0 Å². The molecule has 4 N–H and O–H groups in total. The number of aryl methyl sites for hydroxylation is 1. The summed E-state index contributed by atoms with van der Waals surface area (Å²) in [6.07, 6.45) is 0. The average Bonchev–Trinajstić information content (AvgIpc) is 2.33. The van der Waals surface area contributed by atoms with Gasteiger partial charge in [-0.15, -0.1) is 0 Å². The van der Waals surface area contributed by atoms with Gasteiger partial charge in [0.25, 0.3) is 0 Å². The monoisotopic (exact) mass is 262 g/mol. The van der Waals surface area contributed by atoms with E-state index in [1.54, 1.807) is 31.2 Å². The first kappa shape index (κ1) is 12.4. The molecule has 2 rings (SSSR count). The van der Waals surface area contributed by atoms with Crippen molar-refractivity contribution in [2.45, 2.75) is 16.7 Å². The number of hydrogen-bond acceptors (Lipinski definition) is 4. The quantitative estimate of drug-likeness (QED) is 0.810. The van der Waals surface area contributed by atoms with Gasteiger partial charge in [-0.1, -0.05) is 0 Å². The number of nitrogen functional groups attached to an aromatic ring is 2. The number of anilines is 2. The molecule has 0 amide bonds. The lowest BCUT2D eigenvalue weighted by molar-refractivity contribution is 0.596. The van der Waals surface area contributed by atoms with Crippen LogP contribution in [-0.4, -0.2) is 8.42 Å². The highest BCUT2D eigenvalue weighted by molar-refractivity contribution is 7.91. The standard InChI is InChI=1S/C13H14N2O2S/c1-9-8-12(6-7-13(9)15)18(16,17)11-4-2-10(14)3-5-11/h2-8H,14-15H2,1H3. The van der Waals surface area contributed by atoms with E-state index in [9.17, 15) is 8.42 Å². The molecule has 0 bridgehead atoms. The van der Waals surface area contributed by atoms with Crippen molar-refractivity contribution in [3.05, 3.63) is 48.0 Å². The minimum atomic E-state index is -3.51. The Morgan fingerprint density at radius 1 is 0.889 bits per heavy atom. The van der Waals surface area contributed by atoms with Gasteiger partial charge in [-0.05, 0) is 55.0 Å². The average molecular weight is 262 g/mol. The zero-order chi connectivity index (χ0) is 13.3. The fourth-order valence-corrected chi connectivity index (χ4v) is 2.94. The molecule has 0 saturated heterocycles. The lowest BCUT2D eigenvalue weighted by Crippen LogP contribution is -2.03. The van der Waals surface area contributed by atoms with Crippen molar-refractivity contribution in [1.29, 1.82) is 0 Å². The Bertz CT molecular complexity index is 677. The third-order valence-corrected chi connectivity index (χ3v) is 4.51. The van der Waals surface area contributed by atoms with E-state index in [-0.39, 0.29) is 9.79 Å². The maximum atomic E-state index is 12.3. The molecule has 2 aromatic rings. The van der Waals surface area contributed by atoms with Gasteiger partial charge in [-0.25, -0.2) is 8.42 Å². The number of nitrogens with two attached hydrogens (primary N) is 2. The Labute approximate surface area is 106 Å². The van der Waals surface area contributed by atoms with Crippen LogP contribution < -0.4 is 11.5 Å². The Hall–Kier alpha value is -2.01. The molecular weight excluding hydrogens is 248 g/mol. The van der Waals surface area contributed by atoms with Crippen LogP contribution in [0.3, 0.4) is 0 Å². The smallest absolute Gasteiger partial charge is 0.206 e. The van der Waals surface area contributed by atoms with Gasteiger partial charge in [0.2, 0.25) is 9.84 Å². The summed E-state index contributed by atoms with van der Waals surface area (Å²) in [6.45, 7) is 1.78. The highest BCUT2D eigenvalue weighted by Crippen LogP contribution is 2.24. The van der Waals surface area contributed by atoms with Crippen LogP contribution in [0, 0.1) is 6.92 Å². The van der Waals surface area contributed by atoms with Crippen LogP contribution in [0.2, 0.25) is 0 Å². The Morgan fingerprint density at radius 2 is 1.44 bits per heavy atom. The van der Waals surface area contributed by atoms with Gasteiger partial charge in [0, 0.05) is 11.4 Å². The van der Waals surface area contributed by atoms with Crippen molar-refractivity contribution in [3.63, 3.8) is 0 Å². The second-order valence-corrected chi connectivity index (χ2v) is 6.04. The highest BCUT2D eigenvalue weighted by atomic mass is 32.2. The molecule has 94 valence electrons. The number of benzene rings is 2. The molecule has 4 nitrogen and oxygen atoms in total. The molecule has 0 fully saturated rings. The molecular formula is C13H14N2O2S. The number of sulfone groups is 1. The van der Waals surface area contributed by atoms with E-state index >= 15 is 0 Å². The van der Waals surface area contributed by atoms with Crippen molar-refractivity contribution >= 4 is 21.2 Å². The SMILES string of the molecule is Cc1cc(S(=O)(=O)c2ccc(N)cc2)ccc1N. The Morgan fingerprint density at radius 3 is 2.00 bits per heavy atom. The molecule has 0 spiro atoms. The van der Waals surface area contributed by atoms with E-state index in [0.29, 0.717) is 11.4 Å². The van der Waals surface area contributed by atoms with Crippen molar-refractivity contribution in [2.24, 2.45) is 0 Å². The molecule has 0 heterocycles. The van der Waals surface area contributed by atoms with Crippen LogP contribution in [0.4, 0.5) is 11.4 Å². The van der Waals surface area contributed by atoms with Gasteiger partial charge < -0.3 is 11.5 Å². The van der Waals surface area contributed by atoms with Crippen molar-refractivity contribution in [1.82, 2.24) is 0 Å². The predicted molar refractivity (Wildman–Crippen MR) is 71.9 cm³/mol. The Kier molecular flexibility index (Phi) is 3.00. The van der Waals surface area contributed by atoms with Crippen LogP contribution in [0.5, 0.6) is 0 Å². The van der Waals surface area contributed by atoms with E-state index in [0.717, 1.165) is 5.56 Å². The van der Waals surface area contributed by atoms with Gasteiger partial charge in [0.15, 0.2) is 0 Å². The van der Waals surface area contributed by atoms with E-state index in [1.807, 2.05) is 0 Å². The molecule has 0 atom stereocenters. The van der Waals surface area contributed by atoms with Crippen molar-refractivity contribution in [2.75, 3.05) is 11.5 Å². The summed E-state index contributed by atoms with van der Waals surface area (Å²) >= 11 is 0. The van der Waals surface area contributed by atoms with Crippen LogP contribution in [0.25, 0.3) is 0 Å². The molecule has 0 unspecified atom stereocenters. The number of rotatable bonds is 2. The summed E-state index contributed by atoms with van der Waals surface area (Å²) in [6, 6.07) is 10.8. The largest absolute Gasteiger partial charge is 0.399 e. The molecule has 2 aromatic carbocycles. The van der Waals surface area contributed by atoms with Gasteiger partial charge in [-0.3, -0.25) is 0 Å². The third-order valence-electron chi connectivity index (χ3n) is 2.74. The minimum absolute atomic E-state index is 0.223. The molecule has 0 aliphatic rings. The summed E-state index contributed by atoms with van der Waals surface area (Å²) in [5, 5.41) is 0. The maximum Gasteiger partial charge on any atom is 0.206 e. The van der Waals surface area contributed by atoms with Gasteiger partial charge in [-0.2, -0.15) is 0 Å². The summed E-state index contributed by atoms with van der Waals surface area (Å²) in [5.41, 5.74) is 13.1. The summed E-state index contributed by atoms with van der Waals surface area (Å²) < 4.78 is 24.7. The lowest BCUT2D eigenvalue weighted by Gasteiger charge is -2.07. The topological polar surface area (TPSA) is 86.2 Å². The van der Waals surface area contributed by atoms with Crippen LogP contribution in [0.15, 0.2) is 52.3 Å². The molecule has 5 heteroatoms. The van der Waals surface area contributed by atoms with Crippen molar-refractivity contribution in [3.8, 4) is 0 Å². The number of hydrogen-bond donors (Lipinski definition) is 2. The normalized spacial score (nSPS) is 11.4. The van der Waals surface area contributed by atoms with E-state index < -0.39 is 9.84 Å². The Balaban J connectivity index is 2.54. The summed E-state index contributed by atoms with van der Waals surface area (Å²) in [5.74, 6) is 0. The fourth-order valence-electron chi connectivity index (χ4n) is 1.60. The van der Waals surface area contributed by atoms with Crippen LogP contribution in [-0.2, 0) is 9.84 Å². The highest BCUT2D eigenvalue weighted by Gasteiger charge is 2.17. The molecule has 0 aliphatic heterocycles. The lowest BCUT2D eigenvalue weighted by atomic mass is 10.2. The van der Waals surface area contributed by atoms with Crippen LogP contribution in [0.1, 0.15) is 5.56 Å². The first-order chi connectivity index (χ1) is 8.41. The van der Waals surface area contributed by atoms with Gasteiger partial charge in [0.1, 0.15) is 0 Å². The minimum Gasteiger partial charge on any atom is -0.399 e. The maximum absolute atomic E-state index is 12.3. The molecule has 0 aliphatic carbocycles. The molecule has 18 heavy (non-hydrogen) atoms. The predicted octanol–water partition coefficient (Wildman–Crippen LogP) is 1.99. The second-order valence-electron chi connectivity index (χ2n) is 4.09. The zero-order valence-electron chi connectivity index (χ0n) is 9.92. The third kappa shape index (κ3) is 2.17. The molecule has 0 aromatic heterocycles. The first-order valence-corrected chi connectivity index (χ1v) is 6.86. The molecule has 0 radical (unpaired) electrons. The summed E-state index contributed by atoms with van der Waals surface area (Å²) in [4.78, 5) is 0.458. The molecule has 0 saturated carbocycles. The van der Waals surface area contributed by atoms with Gasteiger partial charge in [0.05, 0.1) is 9.79 Å². The fraction of sp³-hybridized carbons (Fsp3) is 0.0769.